The third-order valence-corrected chi connectivity index (χ3v) is 4.58. The summed E-state index contributed by atoms with van der Waals surface area (Å²) in [5, 5.41) is 0. The van der Waals surface area contributed by atoms with Crippen LogP contribution in [0.4, 0.5) is 0 Å². The second-order valence-corrected chi connectivity index (χ2v) is 6.66. The minimum atomic E-state index is -0.0288. The zero-order valence-corrected chi connectivity index (χ0v) is 16.3. The van der Waals surface area contributed by atoms with E-state index >= 15 is 0 Å². The number of rotatable bonds is 8. The van der Waals surface area contributed by atoms with Gasteiger partial charge in [-0.3, -0.25) is 4.79 Å². The van der Waals surface area contributed by atoms with Crippen LogP contribution in [0, 0.1) is 6.92 Å². The molecule has 0 spiro atoms. The number of aryl methyl sites for hydroxylation is 1. The van der Waals surface area contributed by atoms with E-state index < -0.39 is 0 Å². The van der Waals surface area contributed by atoms with E-state index in [1.165, 1.54) is 0 Å². The number of carbonyl (C=O) groups excluding carboxylic acids is 1. The number of amides is 1. The number of methoxy groups -OCH3 is 1. The number of imidazole rings is 1. The van der Waals surface area contributed by atoms with Crippen LogP contribution < -0.4 is 4.74 Å². The van der Waals surface area contributed by atoms with Gasteiger partial charge in [0.15, 0.2) is 0 Å². The lowest BCUT2D eigenvalue weighted by molar-refractivity contribution is 0.0757. The molecule has 0 saturated heterocycles. The van der Waals surface area contributed by atoms with Crippen molar-refractivity contribution in [2.75, 3.05) is 13.7 Å². The fourth-order valence-corrected chi connectivity index (χ4v) is 2.99. The Morgan fingerprint density at radius 2 is 1.89 bits per heavy atom. The summed E-state index contributed by atoms with van der Waals surface area (Å²) in [5.41, 5.74) is 2.93. The Balaban J connectivity index is 1.76. The van der Waals surface area contributed by atoms with Crippen molar-refractivity contribution in [3.63, 3.8) is 0 Å². The Morgan fingerprint density at radius 1 is 1.18 bits per heavy atom. The van der Waals surface area contributed by atoms with Crippen molar-refractivity contribution in [1.82, 2.24) is 14.5 Å². The van der Waals surface area contributed by atoms with Crippen LogP contribution in [0.25, 0.3) is 0 Å². The van der Waals surface area contributed by atoms with Crippen molar-refractivity contribution < 1.29 is 9.53 Å². The molecule has 0 atom stereocenters. The first-order valence-corrected chi connectivity index (χ1v) is 9.20. The fraction of sp³-hybridized carbons (Fsp3) is 0.217. The number of aromatic nitrogens is 2. The first kappa shape index (κ1) is 19.4. The van der Waals surface area contributed by atoms with Gasteiger partial charge in [0.1, 0.15) is 11.6 Å². The van der Waals surface area contributed by atoms with Crippen LogP contribution in [0.15, 0.2) is 73.6 Å². The molecule has 1 heterocycles. The van der Waals surface area contributed by atoms with Crippen molar-refractivity contribution >= 4 is 5.91 Å². The number of ether oxygens (including phenoxy) is 1. The molecule has 0 fully saturated rings. The molecule has 0 N–H and O–H groups in total. The van der Waals surface area contributed by atoms with Gasteiger partial charge < -0.3 is 14.2 Å². The van der Waals surface area contributed by atoms with Crippen LogP contribution in [0.1, 0.15) is 27.3 Å². The van der Waals surface area contributed by atoms with Gasteiger partial charge in [-0.05, 0) is 36.8 Å². The molecule has 3 aromatic rings. The van der Waals surface area contributed by atoms with E-state index in [0.717, 1.165) is 22.7 Å². The predicted molar refractivity (Wildman–Crippen MR) is 110 cm³/mol. The molecule has 5 heteroatoms. The van der Waals surface area contributed by atoms with E-state index in [4.69, 9.17) is 4.74 Å². The molecule has 3 rings (SSSR count). The highest BCUT2D eigenvalue weighted by molar-refractivity contribution is 5.94. The summed E-state index contributed by atoms with van der Waals surface area (Å²) in [6, 6.07) is 15.6. The average Bonchev–Trinajstić information content (AvgIpc) is 3.15. The molecule has 1 amide bonds. The number of hydrogen-bond donors (Lipinski definition) is 0. The largest absolute Gasteiger partial charge is 0.497 e. The molecule has 0 bridgehead atoms. The van der Waals surface area contributed by atoms with Gasteiger partial charge in [0.2, 0.25) is 0 Å². The van der Waals surface area contributed by atoms with Crippen LogP contribution in [-0.2, 0) is 13.1 Å². The van der Waals surface area contributed by atoms with Crippen LogP contribution in [0.2, 0.25) is 0 Å². The standard InChI is InChI=1S/C23H25N3O2/c1-4-14-26(23(27)20-9-5-18(2)6-10-20)17-22-24-13-15-25(22)16-19-7-11-21(28-3)12-8-19/h4-13,15H,1,14,16-17H2,2-3H3. The minimum Gasteiger partial charge on any atom is -0.497 e. The van der Waals surface area contributed by atoms with Gasteiger partial charge in [-0.25, -0.2) is 4.98 Å². The Morgan fingerprint density at radius 3 is 2.54 bits per heavy atom. The highest BCUT2D eigenvalue weighted by Crippen LogP contribution is 2.15. The molecule has 0 saturated carbocycles. The topological polar surface area (TPSA) is 47.4 Å². The third-order valence-electron chi connectivity index (χ3n) is 4.58. The van der Waals surface area contributed by atoms with Crippen molar-refractivity contribution in [2.24, 2.45) is 0 Å². The Hall–Kier alpha value is -3.34. The summed E-state index contributed by atoms with van der Waals surface area (Å²) in [6.07, 6.45) is 5.44. The van der Waals surface area contributed by atoms with E-state index in [9.17, 15) is 4.79 Å². The van der Waals surface area contributed by atoms with Crippen LogP contribution >= 0.6 is 0 Å². The van der Waals surface area contributed by atoms with Crippen LogP contribution in [0.3, 0.4) is 0 Å². The van der Waals surface area contributed by atoms with Gasteiger partial charge >= 0.3 is 0 Å². The lowest BCUT2D eigenvalue weighted by Crippen LogP contribution is -2.32. The maximum Gasteiger partial charge on any atom is 0.254 e. The maximum absolute atomic E-state index is 12.9. The molecule has 0 unspecified atom stereocenters. The van der Waals surface area contributed by atoms with Crippen molar-refractivity contribution in [2.45, 2.75) is 20.0 Å². The molecular weight excluding hydrogens is 350 g/mol. The molecule has 0 aliphatic rings. The SMILES string of the molecule is C=CCN(Cc1nccn1Cc1ccc(OC)cc1)C(=O)c1ccc(C)cc1. The quantitative estimate of drug-likeness (QED) is 0.558. The molecule has 0 aliphatic carbocycles. The highest BCUT2D eigenvalue weighted by Gasteiger charge is 2.17. The molecule has 28 heavy (non-hydrogen) atoms. The lowest BCUT2D eigenvalue weighted by atomic mass is 10.1. The van der Waals surface area contributed by atoms with E-state index in [0.29, 0.717) is 25.2 Å². The minimum absolute atomic E-state index is 0.0288. The highest BCUT2D eigenvalue weighted by atomic mass is 16.5. The predicted octanol–water partition coefficient (Wildman–Crippen LogP) is 4.08. The summed E-state index contributed by atoms with van der Waals surface area (Å²) >= 11 is 0. The van der Waals surface area contributed by atoms with Crippen molar-refractivity contribution in [1.29, 1.82) is 0 Å². The van der Waals surface area contributed by atoms with Crippen molar-refractivity contribution in [3.05, 3.63) is 96.1 Å². The lowest BCUT2D eigenvalue weighted by Gasteiger charge is -2.21. The monoisotopic (exact) mass is 375 g/mol. The molecule has 2 aromatic carbocycles. The molecule has 1 aromatic heterocycles. The fourth-order valence-electron chi connectivity index (χ4n) is 2.99. The van der Waals surface area contributed by atoms with Gasteiger partial charge in [0, 0.05) is 31.0 Å². The zero-order valence-electron chi connectivity index (χ0n) is 16.3. The Bertz CT molecular complexity index is 927. The van der Waals surface area contributed by atoms with Crippen LogP contribution in [0.5, 0.6) is 5.75 Å². The second kappa shape index (κ2) is 9.04. The number of hydrogen-bond acceptors (Lipinski definition) is 3. The van der Waals surface area contributed by atoms with Gasteiger partial charge in [-0.1, -0.05) is 35.9 Å². The van der Waals surface area contributed by atoms with Gasteiger partial charge in [0.05, 0.1) is 13.7 Å². The summed E-state index contributed by atoms with van der Waals surface area (Å²) in [4.78, 5) is 19.2. The molecule has 5 nitrogen and oxygen atoms in total. The summed E-state index contributed by atoms with van der Waals surface area (Å²) < 4.78 is 7.27. The van der Waals surface area contributed by atoms with E-state index in [1.807, 2.05) is 61.7 Å². The third kappa shape index (κ3) is 4.68. The van der Waals surface area contributed by atoms with E-state index in [-0.39, 0.29) is 5.91 Å². The van der Waals surface area contributed by atoms with Gasteiger partial charge in [-0.15, -0.1) is 6.58 Å². The zero-order chi connectivity index (χ0) is 19.9. The number of benzene rings is 2. The van der Waals surface area contributed by atoms with Crippen molar-refractivity contribution in [3.8, 4) is 5.75 Å². The van der Waals surface area contributed by atoms with Gasteiger partial charge in [0.25, 0.3) is 5.91 Å². The van der Waals surface area contributed by atoms with E-state index in [2.05, 4.69) is 16.1 Å². The average molecular weight is 375 g/mol. The Labute approximate surface area is 165 Å². The van der Waals surface area contributed by atoms with E-state index in [1.54, 1.807) is 24.3 Å². The Kier molecular flexibility index (Phi) is 6.27. The number of carbonyl (C=O) groups is 1. The summed E-state index contributed by atoms with van der Waals surface area (Å²) in [6.45, 7) is 7.36. The molecule has 0 aliphatic heterocycles. The molecule has 0 radical (unpaired) electrons. The normalized spacial score (nSPS) is 10.5. The maximum atomic E-state index is 12.9. The summed E-state index contributed by atoms with van der Waals surface area (Å²) in [5.74, 6) is 1.63. The second-order valence-electron chi connectivity index (χ2n) is 6.66. The molecular formula is C23H25N3O2. The smallest absolute Gasteiger partial charge is 0.254 e. The van der Waals surface area contributed by atoms with Crippen LogP contribution in [-0.4, -0.2) is 34.0 Å². The first-order chi connectivity index (χ1) is 13.6. The number of nitrogens with zero attached hydrogens (tertiary/aromatic N) is 3. The summed E-state index contributed by atoms with van der Waals surface area (Å²) in [7, 11) is 1.65. The first-order valence-electron chi connectivity index (χ1n) is 9.20. The van der Waals surface area contributed by atoms with Gasteiger partial charge in [-0.2, -0.15) is 0 Å². The molecule has 144 valence electrons.